The van der Waals surface area contributed by atoms with Crippen LogP contribution in [-0.4, -0.2) is 74.7 Å². The summed E-state index contributed by atoms with van der Waals surface area (Å²) in [6.07, 6.45) is 6.74. The molecule has 47 heavy (non-hydrogen) atoms. The monoisotopic (exact) mass is 697 g/mol. The summed E-state index contributed by atoms with van der Waals surface area (Å²) in [5.74, 6) is -3.52. The van der Waals surface area contributed by atoms with Gasteiger partial charge in [-0.1, -0.05) is 108 Å². The third-order valence-corrected chi connectivity index (χ3v) is 11.2. The summed E-state index contributed by atoms with van der Waals surface area (Å²) in [4.78, 5) is 60.8. The third kappa shape index (κ3) is 8.18. The van der Waals surface area contributed by atoms with Crippen molar-refractivity contribution in [2.24, 2.45) is 10.7 Å². The second kappa shape index (κ2) is 15.2. The molecule has 0 radical (unpaired) electrons. The normalized spacial score (nSPS) is 18.3. The fraction of sp³-hybridized carbons (Fsp3) is 0.382. The second-order valence-corrected chi connectivity index (χ2v) is 15.9. The van der Waals surface area contributed by atoms with Crippen molar-refractivity contribution < 1.29 is 24.3 Å². The standard InChI is InChI=1S/C34H40ClN5O5S2/c1-21(41)40(34(37-5,32(44)45)19-22-12-8-6-9-13-22)39-27-17-16-24(35)18-25(27)28(23-14-10-7-11-15-23)38-29(31(39)43)30(42)26(36)20-46-47-33(2,3)4/h6-8,10-12,14-18,26,29,37H,9,13,19-20,36H2,1-5H3,(H,44,45)/t26?,29?,34-/m0/s1. The molecule has 2 aliphatic rings. The predicted octanol–water partition coefficient (Wildman–Crippen LogP) is 5.40. The molecule has 0 spiro atoms. The molecule has 2 amide bonds. The van der Waals surface area contributed by atoms with Gasteiger partial charge in [-0.15, -0.1) is 0 Å². The number of benzodiazepines with no additional fused rings is 1. The van der Waals surface area contributed by atoms with Crippen LogP contribution in [0.1, 0.15) is 58.1 Å². The van der Waals surface area contributed by atoms with Crippen molar-refractivity contribution in [3.63, 3.8) is 0 Å². The number of benzene rings is 2. The quantitative estimate of drug-likeness (QED) is 0.151. The maximum absolute atomic E-state index is 14.8. The molecule has 250 valence electrons. The first-order chi connectivity index (χ1) is 22.2. The number of carbonyl (C=O) groups excluding carboxylic acids is 3. The van der Waals surface area contributed by atoms with Crippen LogP contribution in [0.3, 0.4) is 0 Å². The van der Waals surface area contributed by atoms with Gasteiger partial charge >= 0.3 is 5.97 Å². The lowest BCUT2D eigenvalue weighted by atomic mass is 9.92. The topological polar surface area (TPSA) is 145 Å². The number of hydrazine groups is 1. The van der Waals surface area contributed by atoms with Crippen LogP contribution < -0.4 is 16.1 Å². The van der Waals surface area contributed by atoms with Gasteiger partial charge in [0.25, 0.3) is 5.91 Å². The first-order valence-electron chi connectivity index (χ1n) is 15.1. The van der Waals surface area contributed by atoms with Crippen LogP contribution >= 0.6 is 33.2 Å². The summed E-state index contributed by atoms with van der Waals surface area (Å²) in [7, 11) is 4.39. The van der Waals surface area contributed by atoms with Gasteiger partial charge in [0.2, 0.25) is 11.6 Å². The fourth-order valence-electron chi connectivity index (χ4n) is 5.41. The lowest BCUT2D eigenvalue weighted by molar-refractivity contribution is -0.163. The number of carboxylic acids is 1. The van der Waals surface area contributed by atoms with E-state index in [9.17, 15) is 24.3 Å². The number of rotatable bonds is 12. The number of anilines is 1. The molecule has 2 aromatic rings. The molecule has 13 heteroatoms. The molecule has 1 aliphatic heterocycles. The number of nitrogens with zero attached hydrogens (tertiary/aromatic N) is 3. The molecular formula is C34H40ClN5O5S2. The van der Waals surface area contributed by atoms with Crippen LogP contribution in [0.4, 0.5) is 5.69 Å². The molecule has 10 nitrogen and oxygen atoms in total. The van der Waals surface area contributed by atoms with Gasteiger partial charge in [-0.2, -0.15) is 0 Å². The van der Waals surface area contributed by atoms with E-state index in [-0.39, 0.29) is 28.3 Å². The molecule has 0 saturated heterocycles. The van der Waals surface area contributed by atoms with Gasteiger partial charge in [-0.3, -0.25) is 24.7 Å². The van der Waals surface area contributed by atoms with Crippen LogP contribution in [-0.2, 0) is 19.2 Å². The van der Waals surface area contributed by atoms with E-state index in [1.165, 1.54) is 36.9 Å². The zero-order valence-corrected chi connectivity index (χ0v) is 29.4. The molecule has 1 aliphatic carbocycles. The molecule has 0 aromatic heterocycles. The van der Waals surface area contributed by atoms with Gasteiger partial charge in [0.15, 0.2) is 11.8 Å². The van der Waals surface area contributed by atoms with E-state index in [2.05, 4.69) is 5.32 Å². The Kier molecular flexibility index (Phi) is 11.8. The van der Waals surface area contributed by atoms with Crippen molar-refractivity contribution in [3.8, 4) is 0 Å². The number of allylic oxidation sites excluding steroid dienone is 3. The molecular weight excluding hydrogens is 658 g/mol. The summed E-state index contributed by atoms with van der Waals surface area (Å²) in [6, 6.07) is 10.8. The van der Waals surface area contributed by atoms with Crippen LogP contribution in [0.15, 0.2) is 77.3 Å². The van der Waals surface area contributed by atoms with E-state index in [0.717, 1.165) is 15.6 Å². The third-order valence-electron chi connectivity index (χ3n) is 7.59. The van der Waals surface area contributed by atoms with Gasteiger partial charge in [-0.25, -0.2) is 14.8 Å². The van der Waals surface area contributed by atoms with Gasteiger partial charge < -0.3 is 10.8 Å². The number of fused-ring (bicyclic) bond motifs is 1. The molecule has 0 bridgehead atoms. The molecule has 0 saturated carbocycles. The maximum atomic E-state index is 14.8. The molecule has 3 atom stereocenters. The van der Waals surface area contributed by atoms with Crippen LogP contribution in [0.2, 0.25) is 5.02 Å². The van der Waals surface area contributed by atoms with Gasteiger partial charge in [0.1, 0.15) is 0 Å². The number of Topliss-reactive ketones (excluding diaryl/α,β-unsaturated/α-hetero) is 1. The van der Waals surface area contributed by atoms with Crippen molar-refractivity contribution in [2.75, 3.05) is 17.8 Å². The average Bonchev–Trinajstić information content (AvgIpc) is 3.14. The molecule has 4 rings (SSSR count). The summed E-state index contributed by atoms with van der Waals surface area (Å²) >= 11 is 6.50. The molecule has 0 fully saturated rings. The summed E-state index contributed by atoms with van der Waals surface area (Å²) < 4.78 is -0.0964. The highest BCUT2D eigenvalue weighted by atomic mass is 35.5. The SMILES string of the molecule is CN[C@](CC1=CC=CCC1)(C(=O)O)N(C(C)=O)N1C(=O)C(C(=O)C(N)CSSC(C)(C)C)N=C(c2ccccc2)c2cc(Cl)ccc21. The lowest BCUT2D eigenvalue weighted by Crippen LogP contribution is -2.71. The first-order valence-corrected chi connectivity index (χ1v) is 17.8. The Hall–Kier alpha value is -3.42. The highest BCUT2D eigenvalue weighted by Gasteiger charge is 2.52. The number of carboxylic acid groups (broad SMARTS) is 1. The Bertz CT molecular complexity index is 1620. The summed E-state index contributed by atoms with van der Waals surface area (Å²) in [5.41, 5.74) is 6.39. The first kappa shape index (κ1) is 36.4. The average molecular weight is 698 g/mol. The summed E-state index contributed by atoms with van der Waals surface area (Å²) in [6.45, 7) is 7.29. The van der Waals surface area contributed by atoms with E-state index in [4.69, 9.17) is 22.3 Å². The van der Waals surface area contributed by atoms with E-state index >= 15 is 0 Å². The van der Waals surface area contributed by atoms with Crippen molar-refractivity contribution >= 4 is 68.2 Å². The van der Waals surface area contributed by atoms with Gasteiger partial charge in [0.05, 0.1) is 17.4 Å². The number of nitrogens with two attached hydrogens (primary N) is 1. The maximum Gasteiger partial charge on any atom is 0.347 e. The van der Waals surface area contributed by atoms with Crippen molar-refractivity contribution in [1.82, 2.24) is 10.3 Å². The van der Waals surface area contributed by atoms with Crippen molar-refractivity contribution in [1.29, 1.82) is 0 Å². The number of likely N-dealkylation sites (N-methyl/N-ethyl adjacent to an activating group) is 1. The Balaban J connectivity index is 1.96. The van der Waals surface area contributed by atoms with Crippen molar-refractivity contribution in [3.05, 3.63) is 88.5 Å². The lowest BCUT2D eigenvalue weighted by Gasteiger charge is -2.46. The molecule has 2 unspecified atom stereocenters. The number of hydrogen-bond donors (Lipinski definition) is 3. The van der Waals surface area contributed by atoms with Crippen LogP contribution in [0.25, 0.3) is 0 Å². The van der Waals surface area contributed by atoms with Crippen LogP contribution in [0.5, 0.6) is 0 Å². The fourth-order valence-corrected chi connectivity index (χ4v) is 8.02. The van der Waals surface area contributed by atoms with E-state index in [1.807, 2.05) is 45.1 Å². The Morgan fingerprint density at radius 1 is 1.19 bits per heavy atom. The van der Waals surface area contributed by atoms with Crippen LogP contribution in [0, 0.1) is 0 Å². The number of carbonyl (C=O) groups is 4. The second-order valence-electron chi connectivity index (χ2n) is 12.3. The number of nitrogens with one attached hydrogen (secondary N) is 1. The van der Waals surface area contributed by atoms with Gasteiger partial charge in [-0.05, 0) is 38.1 Å². The van der Waals surface area contributed by atoms with E-state index < -0.39 is 41.3 Å². The Morgan fingerprint density at radius 3 is 2.47 bits per heavy atom. The number of hydrogen-bond acceptors (Lipinski definition) is 9. The van der Waals surface area contributed by atoms with Gasteiger partial charge in [0, 0.05) is 40.0 Å². The Labute approximate surface area is 288 Å². The minimum atomic E-state index is -2.12. The number of aliphatic carboxylic acids is 1. The number of amides is 2. The number of halogens is 1. The number of aliphatic imine (C=N–C) groups is 1. The zero-order valence-electron chi connectivity index (χ0n) is 27.0. The predicted molar refractivity (Wildman–Crippen MR) is 191 cm³/mol. The van der Waals surface area contributed by atoms with E-state index in [0.29, 0.717) is 29.0 Å². The largest absolute Gasteiger partial charge is 0.478 e. The summed E-state index contributed by atoms with van der Waals surface area (Å²) in [5, 5.41) is 15.8. The minimum absolute atomic E-state index is 0.0964. The smallest absolute Gasteiger partial charge is 0.347 e. The highest BCUT2D eigenvalue weighted by Crippen LogP contribution is 2.38. The number of ketones is 1. The Morgan fingerprint density at radius 2 is 1.89 bits per heavy atom. The van der Waals surface area contributed by atoms with Crippen molar-refractivity contribution in [2.45, 2.75) is 69.5 Å². The minimum Gasteiger partial charge on any atom is -0.478 e. The highest BCUT2D eigenvalue weighted by molar-refractivity contribution is 8.77. The zero-order chi connectivity index (χ0) is 34.5. The molecule has 1 heterocycles. The van der Waals surface area contributed by atoms with E-state index in [1.54, 1.807) is 41.1 Å². The molecule has 4 N–H and O–H groups in total. The molecule has 2 aromatic carbocycles.